The normalized spacial score (nSPS) is 10.8. The third-order valence-corrected chi connectivity index (χ3v) is 3.49. The van der Waals surface area contributed by atoms with Crippen molar-refractivity contribution < 1.29 is 4.39 Å². The highest BCUT2D eigenvalue weighted by Gasteiger charge is 2.18. The lowest BCUT2D eigenvalue weighted by Gasteiger charge is -2.10. The summed E-state index contributed by atoms with van der Waals surface area (Å²) >= 11 is 6.01. The van der Waals surface area contributed by atoms with Crippen molar-refractivity contribution in [2.24, 2.45) is 0 Å². The Hall–Kier alpha value is -2.47. The van der Waals surface area contributed by atoms with Gasteiger partial charge in [0.15, 0.2) is 5.82 Å². The number of nitrogens with two attached hydrogens (primary N) is 1. The average molecular weight is 304 g/mol. The summed E-state index contributed by atoms with van der Waals surface area (Å²) < 4.78 is 15.4. The third-order valence-electron chi connectivity index (χ3n) is 3.16. The van der Waals surface area contributed by atoms with Crippen LogP contribution in [0.3, 0.4) is 0 Å². The van der Waals surface area contributed by atoms with Crippen LogP contribution in [-0.4, -0.2) is 20.2 Å². The Morgan fingerprint density at radius 2 is 1.95 bits per heavy atom. The summed E-state index contributed by atoms with van der Waals surface area (Å²) in [6, 6.07) is 9.91. The van der Waals surface area contributed by atoms with E-state index in [1.807, 2.05) is 0 Å². The third kappa shape index (κ3) is 2.23. The molecular weight excluding hydrogens is 293 g/mol. The first-order valence-corrected chi connectivity index (χ1v) is 6.55. The van der Waals surface area contributed by atoms with Gasteiger partial charge in [0.1, 0.15) is 11.5 Å². The quantitative estimate of drug-likeness (QED) is 0.739. The molecule has 3 aromatic rings. The SMILES string of the molecule is Cc1cccc(F)c1-n1nnnc1-c1cccc(Cl)c1N. The van der Waals surface area contributed by atoms with E-state index in [1.54, 1.807) is 37.3 Å². The lowest BCUT2D eigenvalue weighted by atomic mass is 10.1. The smallest absolute Gasteiger partial charge is 0.189 e. The van der Waals surface area contributed by atoms with Crippen molar-refractivity contribution in [3.05, 3.63) is 52.8 Å². The highest BCUT2D eigenvalue weighted by Crippen LogP contribution is 2.31. The number of benzene rings is 2. The molecule has 2 aromatic carbocycles. The van der Waals surface area contributed by atoms with Gasteiger partial charge in [0.25, 0.3) is 0 Å². The summed E-state index contributed by atoms with van der Waals surface area (Å²) in [7, 11) is 0. The molecule has 0 unspecified atom stereocenters. The van der Waals surface area contributed by atoms with Crippen molar-refractivity contribution in [3.63, 3.8) is 0 Å². The number of nitrogen functional groups attached to an aromatic ring is 1. The van der Waals surface area contributed by atoms with E-state index < -0.39 is 5.82 Å². The van der Waals surface area contributed by atoms with E-state index in [4.69, 9.17) is 17.3 Å². The molecule has 1 aromatic heterocycles. The second kappa shape index (κ2) is 5.14. The Kier molecular flexibility index (Phi) is 3.31. The standard InChI is InChI=1S/C14H11ClFN5/c1-8-4-2-7-11(16)13(8)21-14(18-19-20-21)9-5-3-6-10(15)12(9)17/h2-7H,17H2,1H3. The zero-order chi connectivity index (χ0) is 15.0. The van der Waals surface area contributed by atoms with E-state index in [2.05, 4.69) is 15.5 Å². The molecule has 7 heteroatoms. The first-order valence-electron chi connectivity index (χ1n) is 6.18. The fourth-order valence-corrected chi connectivity index (χ4v) is 2.30. The number of tetrazole rings is 1. The van der Waals surface area contributed by atoms with E-state index in [-0.39, 0.29) is 5.69 Å². The van der Waals surface area contributed by atoms with Crippen LogP contribution in [0, 0.1) is 12.7 Å². The molecule has 0 aliphatic rings. The average Bonchev–Trinajstić information content (AvgIpc) is 2.91. The fraction of sp³-hybridized carbons (Fsp3) is 0.0714. The highest BCUT2D eigenvalue weighted by atomic mass is 35.5. The van der Waals surface area contributed by atoms with Gasteiger partial charge in [-0.05, 0) is 41.1 Å². The molecule has 0 spiro atoms. The van der Waals surface area contributed by atoms with Crippen LogP contribution in [0.25, 0.3) is 17.1 Å². The molecule has 0 aliphatic carbocycles. The van der Waals surface area contributed by atoms with Crippen LogP contribution in [-0.2, 0) is 0 Å². The molecule has 0 amide bonds. The number of hydrogen-bond acceptors (Lipinski definition) is 4. The minimum atomic E-state index is -0.413. The maximum absolute atomic E-state index is 14.1. The van der Waals surface area contributed by atoms with E-state index >= 15 is 0 Å². The van der Waals surface area contributed by atoms with Crippen molar-refractivity contribution in [2.45, 2.75) is 6.92 Å². The zero-order valence-corrected chi connectivity index (χ0v) is 11.8. The molecule has 1 heterocycles. The molecule has 0 bridgehead atoms. The number of halogens is 2. The van der Waals surface area contributed by atoms with Crippen LogP contribution in [0.1, 0.15) is 5.56 Å². The van der Waals surface area contributed by atoms with Gasteiger partial charge in [-0.25, -0.2) is 4.39 Å². The van der Waals surface area contributed by atoms with Gasteiger partial charge in [0.2, 0.25) is 0 Å². The van der Waals surface area contributed by atoms with Crippen LogP contribution in [0.15, 0.2) is 36.4 Å². The first-order chi connectivity index (χ1) is 10.1. The van der Waals surface area contributed by atoms with Gasteiger partial charge < -0.3 is 5.73 Å². The molecule has 21 heavy (non-hydrogen) atoms. The van der Waals surface area contributed by atoms with Crippen LogP contribution >= 0.6 is 11.6 Å². The number of rotatable bonds is 2. The largest absolute Gasteiger partial charge is 0.397 e. The Balaban J connectivity index is 2.25. The molecular formula is C14H11ClFN5. The summed E-state index contributed by atoms with van der Waals surface area (Å²) in [6.45, 7) is 1.78. The first kappa shape index (κ1) is 13.5. The fourth-order valence-electron chi connectivity index (χ4n) is 2.13. The summed E-state index contributed by atoms with van der Waals surface area (Å²) in [6.07, 6.45) is 0. The lowest BCUT2D eigenvalue weighted by Crippen LogP contribution is -2.06. The van der Waals surface area contributed by atoms with Crippen molar-refractivity contribution in [1.29, 1.82) is 0 Å². The van der Waals surface area contributed by atoms with Gasteiger partial charge in [-0.2, -0.15) is 4.68 Å². The molecule has 5 nitrogen and oxygen atoms in total. The molecule has 0 saturated heterocycles. The lowest BCUT2D eigenvalue weighted by molar-refractivity contribution is 0.606. The summed E-state index contributed by atoms with van der Waals surface area (Å²) in [5, 5.41) is 11.8. The summed E-state index contributed by atoms with van der Waals surface area (Å²) in [4.78, 5) is 0. The van der Waals surface area contributed by atoms with Gasteiger partial charge >= 0.3 is 0 Å². The second-order valence-corrected chi connectivity index (χ2v) is 4.93. The topological polar surface area (TPSA) is 69.6 Å². The van der Waals surface area contributed by atoms with Gasteiger partial charge in [0, 0.05) is 5.56 Å². The van der Waals surface area contributed by atoms with Crippen LogP contribution in [0.4, 0.5) is 10.1 Å². The number of aromatic nitrogens is 4. The second-order valence-electron chi connectivity index (χ2n) is 4.52. The van der Waals surface area contributed by atoms with E-state index in [9.17, 15) is 4.39 Å². The highest BCUT2D eigenvalue weighted by molar-refractivity contribution is 6.33. The summed E-state index contributed by atoms with van der Waals surface area (Å²) in [5.41, 5.74) is 7.87. The summed E-state index contributed by atoms with van der Waals surface area (Å²) in [5.74, 6) is -0.0765. The Labute approximate surface area is 125 Å². The van der Waals surface area contributed by atoms with Crippen LogP contribution in [0.2, 0.25) is 5.02 Å². The number of anilines is 1. The molecule has 0 atom stereocenters. The minimum absolute atomic E-state index is 0.289. The minimum Gasteiger partial charge on any atom is -0.397 e. The van der Waals surface area contributed by atoms with Gasteiger partial charge in [-0.3, -0.25) is 0 Å². The molecule has 0 radical (unpaired) electrons. The van der Waals surface area contributed by atoms with E-state index in [0.29, 0.717) is 27.7 Å². The molecule has 2 N–H and O–H groups in total. The Bertz CT molecular complexity index is 795. The van der Waals surface area contributed by atoms with Crippen LogP contribution in [0.5, 0.6) is 0 Å². The monoisotopic (exact) mass is 303 g/mol. The zero-order valence-electron chi connectivity index (χ0n) is 11.1. The number of nitrogens with zero attached hydrogens (tertiary/aromatic N) is 4. The predicted octanol–water partition coefficient (Wildman–Crippen LogP) is 3.01. The van der Waals surface area contributed by atoms with Crippen LogP contribution < -0.4 is 5.73 Å². The van der Waals surface area contributed by atoms with Crippen molar-refractivity contribution in [3.8, 4) is 17.1 Å². The van der Waals surface area contributed by atoms with Crippen molar-refractivity contribution in [1.82, 2.24) is 20.2 Å². The Morgan fingerprint density at radius 1 is 1.19 bits per heavy atom. The molecule has 3 rings (SSSR count). The number of aryl methyl sites for hydroxylation is 1. The van der Waals surface area contributed by atoms with Gasteiger partial charge in [0.05, 0.1) is 10.7 Å². The van der Waals surface area contributed by atoms with E-state index in [0.717, 1.165) is 0 Å². The number of hydrogen-bond donors (Lipinski definition) is 1. The predicted molar refractivity (Wildman–Crippen MR) is 78.7 cm³/mol. The molecule has 106 valence electrons. The molecule has 0 saturated carbocycles. The van der Waals surface area contributed by atoms with Crippen molar-refractivity contribution in [2.75, 3.05) is 5.73 Å². The molecule has 0 fully saturated rings. The van der Waals surface area contributed by atoms with E-state index in [1.165, 1.54) is 10.7 Å². The Morgan fingerprint density at radius 3 is 2.71 bits per heavy atom. The van der Waals surface area contributed by atoms with Gasteiger partial charge in [-0.1, -0.05) is 29.8 Å². The van der Waals surface area contributed by atoms with Crippen molar-refractivity contribution >= 4 is 17.3 Å². The maximum Gasteiger partial charge on any atom is 0.189 e. The van der Waals surface area contributed by atoms with Gasteiger partial charge in [-0.15, -0.1) is 5.10 Å². The number of para-hydroxylation sites is 2. The molecule has 0 aliphatic heterocycles. The maximum atomic E-state index is 14.1.